The standard InChI is InChI=1S/C24H29N3O3/c1-17(2)16-23(28)27(18(3)19-8-6-5-7-9-19)15-14-22-25-24(26-30-22)20-10-12-21(29-4)13-11-20/h5-13,17-18H,14-16H2,1-4H3/t18-/m1/s1. The van der Waals surface area contributed by atoms with Crippen molar-refractivity contribution in [3.8, 4) is 17.1 Å². The Kier molecular flexibility index (Phi) is 7.22. The van der Waals surface area contributed by atoms with Crippen molar-refractivity contribution < 1.29 is 14.1 Å². The summed E-state index contributed by atoms with van der Waals surface area (Å²) < 4.78 is 10.6. The van der Waals surface area contributed by atoms with Crippen molar-refractivity contribution in [2.75, 3.05) is 13.7 Å². The van der Waals surface area contributed by atoms with Gasteiger partial charge < -0.3 is 14.2 Å². The molecular weight excluding hydrogens is 378 g/mol. The number of carbonyl (C=O) groups is 1. The Morgan fingerprint density at radius 3 is 2.40 bits per heavy atom. The molecule has 0 aliphatic heterocycles. The lowest BCUT2D eigenvalue weighted by Gasteiger charge is -2.30. The minimum absolute atomic E-state index is 0.0265. The zero-order chi connectivity index (χ0) is 21.5. The molecule has 30 heavy (non-hydrogen) atoms. The highest BCUT2D eigenvalue weighted by molar-refractivity contribution is 5.77. The van der Waals surface area contributed by atoms with Crippen LogP contribution < -0.4 is 4.74 Å². The average molecular weight is 408 g/mol. The Balaban J connectivity index is 1.72. The summed E-state index contributed by atoms with van der Waals surface area (Å²) >= 11 is 0. The molecule has 0 saturated heterocycles. The van der Waals surface area contributed by atoms with Crippen LogP contribution in [0, 0.1) is 5.92 Å². The molecule has 0 fully saturated rings. The van der Waals surface area contributed by atoms with Gasteiger partial charge in [0.1, 0.15) is 5.75 Å². The van der Waals surface area contributed by atoms with E-state index in [4.69, 9.17) is 9.26 Å². The van der Waals surface area contributed by atoms with Crippen molar-refractivity contribution in [1.82, 2.24) is 15.0 Å². The molecule has 0 saturated carbocycles. The molecule has 6 nitrogen and oxygen atoms in total. The molecular formula is C24H29N3O3. The molecule has 3 rings (SSSR count). The van der Waals surface area contributed by atoms with Crippen molar-refractivity contribution >= 4 is 5.91 Å². The first-order valence-electron chi connectivity index (χ1n) is 10.3. The van der Waals surface area contributed by atoms with E-state index in [1.165, 1.54) is 0 Å². The van der Waals surface area contributed by atoms with Gasteiger partial charge in [-0.25, -0.2) is 0 Å². The smallest absolute Gasteiger partial charge is 0.228 e. The SMILES string of the molecule is COc1ccc(-c2noc(CCN(C(=O)CC(C)C)[C@H](C)c3ccccc3)n2)cc1. The first-order valence-corrected chi connectivity index (χ1v) is 10.3. The highest BCUT2D eigenvalue weighted by Gasteiger charge is 2.23. The summed E-state index contributed by atoms with van der Waals surface area (Å²) in [7, 11) is 1.63. The quantitative estimate of drug-likeness (QED) is 0.503. The van der Waals surface area contributed by atoms with Crippen LogP contribution in [0.25, 0.3) is 11.4 Å². The van der Waals surface area contributed by atoms with Gasteiger partial charge in [-0.1, -0.05) is 49.3 Å². The average Bonchev–Trinajstić information content (AvgIpc) is 3.23. The van der Waals surface area contributed by atoms with Crippen molar-refractivity contribution in [1.29, 1.82) is 0 Å². The number of carbonyl (C=O) groups excluding carboxylic acids is 1. The lowest BCUT2D eigenvalue weighted by molar-refractivity contribution is -0.134. The maximum absolute atomic E-state index is 12.9. The van der Waals surface area contributed by atoms with Crippen LogP contribution in [0.1, 0.15) is 44.7 Å². The summed E-state index contributed by atoms with van der Waals surface area (Å²) in [5, 5.41) is 4.09. The zero-order valence-corrected chi connectivity index (χ0v) is 18.0. The van der Waals surface area contributed by atoms with Gasteiger partial charge in [0.25, 0.3) is 0 Å². The van der Waals surface area contributed by atoms with E-state index >= 15 is 0 Å². The minimum atomic E-state index is -0.0265. The predicted molar refractivity (Wildman–Crippen MR) is 116 cm³/mol. The highest BCUT2D eigenvalue weighted by atomic mass is 16.5. The molecule has 3 aromatic rings. The van der Waals surface area contributed by atoms with Crippen LogP contribution >= 0.6 is 0 Å². The molecule has 0 aliphatic carbocycles. The van der Waals surface area contributed by atoms with E-state index in [-0.39, 0.29) is 11.9 Å². The van der Waals surface area contributed by atoms with E-state index in [1.807, 2.05) is 47.4 Å². The third-order valence-electron chi connectivity index (χ3n) is 5.04. The van der Waals surface area contributed by atoms with E-state index in [2.05, 4.69) is 43.0 Å². The van der Waals surface area contributed by atoms with Crippen LogP contribution in [0.15, 0.2) is 59.1 Å². The van der Waals surface area contributed by atoms with Gasteiger partial charge >= 0.3 is 0 Å². The van der Waals surface area contributed by atoms with E-state index in [0.29, 0.717) is 37.0 Å². The normalized spacial score (nSPS) is 12.0. The van der Waals surface area contributed by atoms with Crippen molar-refractivity contribution in [2.24, 2.45) is 5.92 Å². The fourth-order valence-electron chi connectivity index (χ4n) is 3.34. The Hall–Kier alpha value is -3.15. The largest absolute Gasteiger partial charge is 0.497 e. The fraction of sp³-hybridized carbons (Fsp3) is 0.375. The predicted octanol–water partition coefficient (Wildman–Crippen LogP) is 4.92. The van der Waals surface area contributed by atoms with E-state index in [1.54, 1.807) is 7.11 Å². The topological polar surface area (TPSA) is 68.5 Å². The second-order valence-corrected chi connectivity index (χ2v) is 7.76. The van der Waals surface area contributed by atoms with Crippen molar-refractivity contribution in [3.63, 3.8) is 0 Å². The number of nitrogens with zero attached hydrogens (tertiary/aromatic N) is 3. The second-order valence-electron chi connectivity index (χ2n) is 7.76. The molecule has 0 unspecified atom stereocenters. The minimum Gasteiger partial charge on any atom is -0.497 e. The van der Waals surface area contributed by atoms with Crippen LogP contribution in [0.4, 0.5) is 0 Å². The van der Waals surface area contributed by atoms with Gasteiger partial charge in [0.05, 0.1) is 13.2 Å². The molecule has 0 spiro atoms. The third kappa shape index (κ3) is 5.47. The maximum Gasteiger partial charge on any atom is 0.228 e. The Labute approximate surface area is 177 Å². The molecule has 0 aliphatic rings. The second kappa shape index (κ2) is 10.1. The molecule has 1 atom stereocenters. The molecule has 1 aromatic heterocycles. The maximum atomic E-state index is 12.9. The summed E-state index contributed by atoms with van der Waals surface area (Å²) in [6.07, 6.45) is 1.02. The van der Waals surface area contributed by atoms with Crippen LogP contribution in [-0.4, -0.2) is 34.6 Å². The number of rotatable bonds is 9. The Morgan fingerprint density at radius 2 is 1.77 bits per heavy atom. The fourth-order valence-corrected chi connectivity index (χ4v) is 3.34. The summed E-state index contributed by atoms with van der Waals surface area (Å²) in [5.41, 5.74) is 1.97. The number of methoxy groups -OCH3 is 1. The summed E-state index contributed by atoms with van der Waals surface area (Å²) in [5.74, 6) is 2.26. The number of hydrogen-bond acceptors (Lipinski definition) is 5. The first kappa shape index (κ1) is 21.6. The molecule has 1 amide bonds. The van der Waals surface area contributed by atoms with Crippen molar-refractivity contribution in [2.45, 2.75) is 39.7 Å². The number of hydrogen-bond donors (Lipinski definition) is 0. The van der Waals surface area contributed by atoms with Gasteiger partial charge in [-0.2, -0.15) is 4.98 Å². The molecule has 2 aromatic carbocycles. The number of amides is 1. The van der Waals surface area contributed by atoms with E-state index < -0.39 is 0 Å². The van der Waals surface area contributed by atoms with Crippen LogP contribution in [0.2, 0.25) is 0 Å². The molecule has 0 N–H and O–H groups in total. The van der Waals surface area contributed by atoms with Gasteiger partial charge in [-0.05, 0) is 42.7 Å². The molecule has 0 radical (unpaired) electrons. The third-order valence-corrected chi connectivity index (χ3v) is 5.04. The molecule has 1 heterocycles. The lowest BCUT2D eigenvalue weighted by Crippen LogP contribution is -2.36. The number of ether oxygens (including phenoxy) is 1. The van der Waals surface area contributed by atoms with E-state index in [9.17, 15) is 4.79 Å². The van der Waals surface area contributed by atoms with Crippen LogP contribution in [0.3, 0.4) is 0 Å². The molecule has 158 valence electrons. The summed E-state index contributed by atoms with van der Waals surface area (Å²) in [6.45, 7) is 6.70. The van der Waals surface area contributed by atoms with Crippen molar-refractivity contribution in [3.05, 3.63) is 66.1 Å². The van der Waals surface area contributed by atoms with Gasteiger partial charge in [0.15, 0.2) is 0 Å². The Morgan fingerprint density at radius 1 is 1.07 bits per heavy atom. The molecule has 0 bridgehead atoms. The highest BCUT2D eigenvalue weighted by Crippen LogP contribution is 2.23. The van der Waals surface area contributed by atoms with Gasteiger partial charge in [-0.3, -0.25) is 4.79 Å². The van der Waals surface area contributed by atoms with E-state index in [0.717, 1.165) is 16.9 Å². The van der Waals surface area contributed by atoms with Crippen LogP contribution in [0.5, 0.6) is 5.75 Å². The first-order chi connectivity index (χ1) is 14.5. The van der Waals surface area contributed by atoms with Gasteiger partial charge in [0.2, 0.25) is 17.6 Å². The Bertz CT molecular complexity index is 936. The van der Waals surface area contributed by atoms with Gasteiger partial charge in [-0.15, -0.1) is 0 Å². The van der Waals surface area contributed by atoms with Gasteiger partial charge in [0, 0.05) is 24.9 Å². The van der Waals surface area contributed by atoms with Crippen LogP contribution in [-0.2, 0) is 11.2 Å². The number of benzene rings is 2. The number of aromatic nitrogens is 2. The monoisotopic (exact) mass is 407 g/mol. The summed E-state index contributed by atoms with van der Waals surface area (Å²) in [6, 6.07) is 17.6. The molecule has 6 heteroatoms. The lowest BCUT2D eigenvalue weighted by atomic mass is 10.0. The zero-order valence-electron chi connectivity index (χ0n) is 18.0. The summed E-state index contributed by atoms with van der Waals surface area (Å²) in [4.78, 5) is 19.3.